The zero-order valence-electron chi connectivity index (χ0n) is 14.7. The lowest BCUT2D eigenvalue weighted by atomic mass is 9.78. The van der Waals surface area contributed by atoms with Crippen LogP contribution in [-0.2, 0) is 19.3 Å². The molecule has 1 aliphatic heterocycles. The number of nitrogens with one attached hydrogen (secondary N) is 1. The molecule has 0 aliphatic carbocycles. The van der Waals surface area contributed by atoms with Crippen LogP contribution in [-0.4, -0.2) is 39.5 Å². The Morgan fingerprint density at radius 3 is 2.08 bits per heavy atom. The summed E-state index contributed by atoms with van der Waals surface area (Å²) in [6.45, 7) is 7.43. The summed E-state index contributed by atoms with van der Waals surface area (Å²) in [5.74, 6) is 0. The molecule has 0 aromatic heterocycles. The third-order valence-electron chi connectivity index (χ3n) is 4.37. The fraction of sp³-hybridized carbons (Fsp3) is 0.600. The number of halogens is 3. The van der Waals surface area contributed by atoms with Crippen molar-refractivity contribution in [2.45, 2.75) is 56.9 Å². The second-order valence-electron chi connectivity index (χ2n) is 7.11. The summed E-state index contributed by atoms with van der Waals surface area (Å²) in [6.07, 6.45) is -4.63. The highest BCUT2D eigenvalue weighted by Gasteiger charge is 2.51. The molecule has 25 heavy (non-hydrogen) atoms. The van der Waals surface area contributed by atoms with E-state index in [2.05, 4.69) is 0 Å². The van der Waals surface area contributed by atoms with E-state index in [1.807, 2.05) is 27.7 Å². The van der Waals surface area contributed by atoms with Gasteiger partial charge in [0.05, 0.1) is 16.1 Å². The van der Waals surface area contributed by atoms with Crippen LogP contribution in [0.4, 0.5) is 13.2 Å². The Kier molecular flexibility index (Phi) is 5.06. The molecule has 1 N–H and O–H groups in total. The van der Waals surface area contributed by atoms with Crippen LogP contribution in [0.3, 0.4) is 0 Å². The van der Waals surface area contributed by atoms with Crippen LogP contribution in [0, 0.1) is 6.92 Å². The number of rotatable bonds is 4. The molecular weight excluding hydrogens is 358 g/mol. The molecule has 1 aromatic carbocycles. The Morgan fingerprint density at radius 2 is 1.60 bits per heavy atom. The Hall–Kier alpha value is -1.10. The Labute approximate surface area is 146 Å². The molecule has 1 aliphatic rings. The van der Waals surface area contributed by atoms with E-state index >= 15 is 0 Å². The quantitative estimate of drug-likeness (QED) is 0.815. The molecule has 0 atom stereocenters. The van der Waals surface area contributed by atoms with E-state index in [1.54, 1.807) is 17.7 Å². The van der Waals surface area contributed by atoms with Gasteiger partial charge in [-0.15, -0.1) is 0 Å². The Bertz CT molecular complexity index is 747. The normalized spacial score (nSPS) is 20.1. The van der Waals surface area contributed by atoms with Gasteiger partial charge in [0, 0.05) is 0 Å². The minimum absolute atomic E-state index is 0.263. The summed E-state index contributed by atoms with van der Waals surface area (Å²) < 4.78 is 74.5. The van der Waals surface area contributed by atoms with E-state index in [0.29, 0.717) is 11.0 Å². The van der Waals surface area contributed by atoms with E-state index in [0.717, 1.165) is 0 Å². The highest BCUT2D eigenvalue weighted by Crippen LogP contribution is 2.36. The van der Waals surface area contributed by atoms with Crippen molar-refractivity contribution in [1.82, 2.24) is 4.72 Å². The van der Waals surface area contributed by atoms with E-state index in [9.17, 15) is 21.6 Å². The van der Waals surface area contributed by atoms with Gasteiger partial charge in [0.2, 0.25) is 10.0 Å². The van der Waals surface area contributed by atoms with Gasteiger partial charge in [-0.05, 0) is 52.2 Å². The summed E-state index contributed by atoms with van der Waals surface area (Å²) in [4.78, 5) is -0.263. The van der Waals surface area contributed by atoms with Crippen LogP contribution in [0.15, 0.2) is 23.1 Å². The van der Waals surface area contributed by atoms with E-state index in [4.69, 9.17) is 9.31 Å². The van der Waals surface area contributed by atoms with Crippen LogP contribution in [0.1, 0.15) is 33.3 Å². The SMILES string of the molecule is Cc1cc(B2OC(C)(C)C(C)(C)O2)cc(S(=O)(=O)NCC(F)(F)F)c1. The van der Waals surface area contributed by atoms with Crippen molar-refractivity contribution >= 4 is 22.6 Å². The maximum absolute atomic E-state index is 12.3. The zero-order valence-corrected chi connectivity index (χ0v) is 15.5. The first-order valence-electron chi connectivity index (χ1n) is 7.67. The van der Waals surface area contributed by atoms with Crippen LogP contribution in [0.5, 0.6) is 0 Å². The second kappa shape index (κ2) is 6.26. The average Bonchev–Trinajstić information content (AvgIpc) is 2.64. The predicted octanol–water partition coefficient (Wildman–Crippen LogP) is 2.13. The van der Waals surface area contributed by atoms with Crippen molar-refractivity contribution in [1.29, 1.82) is 0 Å². The smallest absolute Gasteiger partial charge is 0.399 e. The minimum Gasteiger partial charge on any atom is -0.399 e. The van der Waals surface area contributed by atoms with Gasteiger partial charge >= 0.3 is 13.3 Å². The first-order chi connectivity index (χ1) is 11.1. The topological polar surface area (TPSA) is 64.6 Å². The van der Waals surface area contributed by atoms with Crippen molar-refractivity contribution in [3.05, 3.63) is 23.8 Å². The number of sulfonamides is 1. The summed E-state index contributed by atoms with van der Waals surface area (Å²) in [6, 6.07) is 4.26. The van der Waals surface area contributed by atoms with Crippen molar-refractivity contribution in [3.63, 3.8) is 0 Å². The summed E-state index contributed by atoms with van der Waals surface area (Å²) >= 11 is 0. The molecule has 5 nitrogen and oxygen atoms in total. The third kappa shape index (κ3) is 4.55. The van der Waals surface area contributed by atoms with E-state index in [1.165, 1.54) is 12.1 Å². The van der Waals surface area contributed by atoms with Crippen LogP contribution in [0.2, 0.25) is 0 Å². The molecular formula is C15H21BF3NO4S. The van der Waals surface area contributed by atoms with Gasteiger partial charge in [0.1, 0.15) is 6.54 Å². The molecule has 0 amide bonds. The minimum atomic E-state index is -4.63. The van der Waals surface area contributed by atoms with Gasteiger partial charge in [-0.25, -0.2) is 13.1 Å². The van der Waals surface area contributed by atoms with E-state index in [-0.39, 0.29) is 4.90 Å². The number of aryl methyl sites for hydroxylation is 1. The lowest BCUT2D eigenvalue weighted by Gasteiger charge is -2.32. The third-order valence-corrected chi connectivity index (χ3v) is 5.75. The van der Waals surface area contributed by atoms with Crippen LogP contribution < -0.4 is 10.2 Å². The van der Waals surface area contributed by atoms with Gasteiger partial charge in [-0.2, -0.15) is 13.2 Å². The van der Waals surface area contributed by atoms with Gasteiger partial charge < -0.3 is 9.31 Å². The first-order valence-corrected chi connectivity index (χ1v) is 9.15. The molecule has 1 fully saturated rings. The molecule has 0 bridgehead atoms. The van der Waals surface area contributed by atoms with Gasteiger partial charge in [-0.1, -0.05) is 11.6 Å². The zero-order chi connectivity index (χ0) is 19.3. The van der Waals surface area contributed by atoms with Gasteiger partial charge in [-0.3, -0.25) is 0 Å². The van der Waals surface area contributed by atoms with Gasteiger partial charge in [0.25, 0.3) is 0 Å². The number of benzene rings is 1. The average molecular weight is 379 g/mol. The largest absolute Gasteiger partial charge is 0.494 e. The Morgan fingerprint density at radius 1 is 1.08 bits per heavy atom. The molecule has 2 rings (SSSR count). The lowest BCUT2D eigenvalue weighted by molar-refractivity contribution is -0.121. The number of alkyl halides is 3. The predicted molar refractivity (Wildman–Crippen MR) is 88.1 cm³/mol. The first kappa shape index (κ1) is 20.2. The summed E-state index contributed by atoms with van der Waals surface area (Å²) in [5, 5.41) is 0. The van der Waals surface area contributed by atoms with Gasteiger partial charge in [0.15, 0.2) is 0 Å². The molecule has 0 unspecified atom stereocenters. The standard InChI is InChI=1S/C15H21BF3NO4S/c1-10-6-11(16-23-13(2,3)14(4,5)24-16)8-12(7-10)25(21,22)20-9-15(17,18)19/h6-8,20H,9H2,1-5H3. The fourth-order valence-corrected chi connectivity index (χ4v) is 3.46. The number of hydrogen-bond acceptors (Lipinski definition) is 4. The monoisotopic (exact) mass is 379 g/mol. The molecule has 0 radical (unpaired) electrons. The molecule has 140 valence electrons. The highest BCUT2D eigenvalue weighted by atomic mass is 32.2. The van der Waals surface area contributed by atoms with Crippen molar-refractivity contribution < 1.29 is 30.9 Å². The Balaban J connectivity index is 2.33. The second-order valence-corrected chi connectivity index (χ2v) is 8.87. The maximum Gasteiger partial charge on any atom is 0.494 e. The highest BCUT2D eigenvalue weighted by molar-refractivity contribution is 7.89. The fourth-order valence-electron chi connectivity index (χ4n) is 2.31. The lowest BCUT2D eigenvalue weighted by Crippen LogP contribution is -2.41. The molecule has 10 heteroatoms. The van der Waals surface area contributed by atoms with Crippen molar-refractivity contribution in [2.24, 2.45) is 0 Å². The van der Waals surface area contributed by atoms with Crippen LogP contribution in [0.25, 0.3) is 0 Å². The molecule has 0 spiro atoms. The summed E-state index contributed by atoms with van der Waals surface area (Å²) in [5.41, 5.74) is -0.227. The summed E-state index contributed by atoms with van der Waals surface area (Å²) in [7, 11) is -5.11. The molecule has 1 heterocycles. The van der Waals surface area contributed by atoms with E-state index < -0.39 is 41.1 Å². The van der Waals surface area contributed by atoms with Crippen LogP contribution >= 0.6 is 0 Å². The maximum atomic E-state index is 12.3. The number of hydrogen-bond donors (Lipinski definition) is 1. The molecule has 1 saturated heterocycles. The van der Waals surface area contributed by atoms with Crippen molar-refractivity contribution in [2.75, 3.05) is 6.54 Å². The molecule has 1 aromatic rings. The van der Waals surface area contributed by atoms with Crippen molar-refractivity contribution in [3.8, 4) is 0 Å². The molecule has 0 saturated carbocycles.